The van der Waals surface area contributed by atoms with Crippen molar-refractivity contribution in [2.45, 2.75) is 98.0 Å². The molecule has 3 aliphatic rings. The molecule has 46 heavy (non-hydrogen) atoms. The maximum absolute atomic E-state index is 14.0. The summed E-state index contributed by atoms with van der Waals surface area (Å²) in [7, 11) is 0. The van der Waals surface area contributed by atoms with Crippen LogP contribution in [0, 0.1) is 11.3 Å². The van der Waals surface area contributed by atoms with E-state index in [1.165, 1.54) is 0 Å². The molecule has 0 saturated carbocycles. The molecule has 0 aromatic heterocycles. The minimum Gasteiger partial charge on any atom is -0.462 e. The fourth-order valence-corrected chi connectivity index (χ4v) is 6.87. The molecule has 1 atom stereocenters. The number of piperidine rings is 1. The molecule has 2 heterocycles. The van der Waals surface area contributed by atoms with Crippen molar-refractivity contribution in [3.63, 3.8) is 0 Å². The highest BCUT2D eigenvalue weighted by molar-refractivity contribution is 6.04. The predicted molar refractivity (Wildman–Crippen MR) is 181 cm³/mol. The molecule has 2 aliphatic heterocycles. The highest BCUT2D eigenvalue weighted by atomic mass is 16.6. The van der Waals surface area contributed by atoms with Gasteiger partial charge in [0.25, 0.3) is 0 Å². The number of hydrogen-bond donors (Lipinski definition) is 1. The number of benzene rings is 2. The normalized spacial score (nSPS) is 20.3. The van der Waals surface area contributed by atoms with Crippen molar-refractivity contribution < 1.29 is 23.9 Å². The van der Waals surface area contributed by atoms with Crippen LogP contribution >= 0.6 is 0 Å². The van der Waals surface area contributed by atoms with Gasteiger partial charge in [-0.1, -0.05) is 82.3 Å². The summed E-state index contributed by atoms with van der Waals surface area (Å²) < 4.78 is 11.7. The van der Waals surface area contributed by atoms with Gasteiger partial charge in [-0.05, 0) is 80.4 Å². The summed E-state index contributed by atoms with van der Waals surface area (Å²) in [6.45, 7) is 13.7. The minimum atomic E-state index is -0.478. The maximum atomic E-state index is 14.0. The van der Waals surface area contributed by atoms with E-state index in [2.05, 4.69) is 55.6 Å². The number of ether oxygens (including phenoxy) is 2. The standard InChI is InChI=1S/C39H50N2O5/c1-7-30-35(36(43)45-23-20-26-18-21-41(22-19-26)37(44)46-39(5,6)8-2)33(34-31(40-30)24-38(3,4)25-32(34)42)29-16-14-28(15-17-29)27-12-10-9-11-13-27/h9-17,26,33,40H,7-8,18-25H2,1-6H3. The van der Waals surface area contributed by atoms with Gasteiger partial charge < -0.3 is 19.7 Å². The van der Waals surface area contributed by atoms with Crippen molar-refractivity contribution in [3.05, 3.63) is 82.7 Å². The number of dihydropyridines is 1. The average molecular weight is 627 g/mol. The minimum absolute atomic E-state index is 0.0870. The topological polar surface area (TPSA) is 84.9 Å². The molecule has 1 unspecified atom stereocenters. The number of hydrogen-bond acceptors (Lipinski definition) is 6. The summed E-state index contributed by atoms with van der Waals surface area (Å²) in [6.07, 6.45) is 4.75. The van der Waals surface area contributed by atoms with Gasteiger partial charge in [-0.25, -0.2) is 9.59 Å². The Bertz CT molecular complexity index is 1490. The highest BCUT2D eigenvalue weighted by Gasteiger charge is 2.43. The maximum Gasteiger partial charge on any atom is 0.410 e. The van der Waals surface area contributed by atoms with E-state index < -0.39 is 11.5 Å². The summed E-state index contributed by atoms with van der Waals surface area (Å²) in [5, 5.41) is 3.52. The zero-order chi connectivity index (χ0) is 33.1. The Balaban J connectivity index is 1.31. The summed E-state index contributed by atoms with van der Waals surface area (Å²) in [5.74, 6) is -0.399. The lowest BCUT2D eigenvalue weighted by Gasteiger charge is -2.40. The van der Waals surface area contributed by atoms with Gasteiger partial charge in [-0.3, -0.25) is 4.79 Å². The molecule has 1 N–H and O–H groups in total. The van der Waals surface area contributed by atoms with E-state index in [-0.39, 0.29) is 23.3 Å². The van der Waals surface area contributed by atoms with Crippen LogP contribution < -0.4 is 5.32 Å². The Hall–Kier alpha value is -3.87. The molecule has 1 aliphatic carbocycles. The second-order valence-electron chi connectivity index (χ2n) is 14.5. The van der Waals surface area contributed by atoms with E-state index in [4.69, 9.17) is 9.47 Å². The van der Waals surface area contributed by atoms with Crippen LogP contribution in [0.25, 0.3) is 11.1 Å². The molecule has 0 radical (unpaired) electrons. The van der Waals surface area contributed by atoms with E-state index in [9.17, 15) is 14.4 Å². The Morgan fingerprint density at radius 2 is 1.61 bits per heavy atom. The fourth-order valence-electron chi connectivity index (χ4n) is 6.87. The quantitative estimate of drug-likeness (QED) is 0.282. The number of esters is 1. The van der Waals surface area contributed by atoms with Crippen LogP contribution in [-0.4, -0.2) is 48.0 Å². The third kappa shape index (κ3) is 7.56. The third-order valence-corrected chi connectivity index (χ3v) is 9.90. The fraction of sp³-hybridized carbons (Fsp3) is 0.513. The van der Waals surface area contributed by atoms with Crippen molar-refractivity contribution in [2.75, 3.05) is 19.7 Å². The molecule has 1 saturated heterocycles. The summed E-state index contributed by atoms with van der Waals surface area (Å²) in [4.78, 5) is 42.1. The van der Waals surface area contributed by atoms with Gasteiger partial charge >= 0.3 is 12.1 Å². The van der Waals surface area contributed by atoms with Crippen molar-refractivity contribution in [1.82, 2.24) is 10.2 Å². The van der Waals surface area contributed by atoms with Crippen LogP contribution in [0.4, 0.5) is 4.79 Å². The number of rotatable bonds is 9. The van der Waals surface area contributed by atoms with Gasteiger partial charge in [-0.15, -0.1) is 0 Å². The average Bonchev–Trinajstić information content (AvgIpc) is 3.03. The van der Waals surface area contributed by atoms with E-state index >= 15 is 0 Å². The molecular formula is C39H50N2O5. The van der Waals surface area contributed by atoms with Crippen LogP contribution in [-0.2, 0) is 19.1 Å². The van der Waals surface area contributed by atoms with E-state index in [1.54, 1.807) is 4.90 Å². The highest BCUT2D eigenvalue weighted by Crippen LogP contribution is 2.47. The zero-order valence-electron chi connectivity index (χ0n) is 28.4. The third-order valence-electron chi connectivity index (χ3n) is 9.90. The van der Waals surface area contributed by atoms with Gasteiger partial charge in [0.2, 0.25) is 0 Å². The first-order valence-corrected chi connectivity index (χ1v) is 17.0. The largest absolute Gasteiger partial charge is 0.462 e. The molecule has 5 rings (SSSR count). The van der Waals surface area contributed by atoms with E-state index in [0.29, 0.717) is 49.6 Å². The number of carbonyl (C=O) groups excluding carboxylic acids is 3. The monoisotopic (exact) mass is 626 g/mol. The van der Waals surface area contributed by atoms with Crippen LogP contribution in [0.1, 0.15) is 98.0 Å². The molecule has 7 heteroatoms. The Kier molecular flexibility index (Phi) is 10.1. The van der Waals surface area contributed by atoms with Gasteiger partial charge in [0, 0.05) is 42.4 Å². The predicted octanol–water partition coefficient (Wildman–Crippen LogP) is 8.32. The molecular weight excluding hydrogens is 576 g/mol. The summed E-state index contributed by atoms with van der Waals surface area (Å²) in [5.41, 5.74) is 5.49. The smallest absolute Gasteiger partial charge is 0.410 e. The van der Waals surface area contributed by atoms with Crippen molar-refractivity contribution in [2.24, 2.45) is 11.3 Å². The lowest BCUT2D eigenvalue weighted by Crippen LogP contribution is -2.42. The molecule has 2 aromatic rings. The van der Waals surface area contributed by atoms with Crippen molar-refractivity contribution in [3.8, 4) is 11.1 Å². The second kappa shape index (κ2) is 13.9. The van der Waals surface area contributed by atoms with Gasteiger partial charge in [-0.2, -0.15) is 0 Å². The zero-order valence-corrected chi connectivity index (χ0v) is 28.4. The molecule has 0 spiro atoms. The first-order valence-electron chi connectivity index (χ1n) is 17.0. The second-order valence-corrected chi connectivity index (χ2v) is 14.5. The van der Waals surface area contributed by atoms with Gasteiger partial charge in [0.1, 0.15) is 5.60 Å². The molecule has 0 bridgehead atoms. The number of Topliss-reactive ketones (excluding diaryl/α,β-unsaturated/α-hetero) is 1. The molecule has 7 nitrogen and oxygen atoms in total. The number of allylic oxidation sites excluding steroid dienone is 3. The molecule has 1 amide bonds. The van der Waals surface area contributed by atoms with Crippen molar-refractivity contribution >= 4 is 17.8 Å². The number of amides is 1. The number of nitrogens with zero attached hydrogens (tertiary/aromatic N) is 1. The summed E-state index contributed by atoms with van der Waals surface area (Å²) >= 11 is 0. The molecule has 246 valence electrons. The Morgan fingerprint density at radius 1 is 0.957 bits per heavy atom. The van der Waals surface area contributed by atoms with Crippen LogP contribution in [0.2, 0.25) is 0 Å². The lowest BCUT2D eigenvalue weighted by molar-refractivity contribution is -0.139. The van der Waals surface area contributed by atoms with E-state index in [1.807, 2.05) is 45.9 Å². The van der Waals surface area contributed by atoms with Crippen LogP contribution in [0.15, 0.2) is 77.1 Å². The van der Waals surface area contributed by atoms with Crippen LogP contribution in [0.3, 0.4) is 0 Å². The molecule has 2 aromatic carbocycles. The SMILES string of the molecule is CCC1=C(C(=O)OCCC2CCN(C(=O)OC(C)(C)CC)CC2)C(c2ccc(-c3ccccc3)cc2)C2=C(CC(C)(C)CC2=O)N1. The number of ketones is 1. The van der Waals surface area contributed by atoms with Gasteiger partial charge in [0.15, 0.2) is 5.78 Å². The summed E-state index contributed by atoms with van der Waals surface area (Å²) in [6, 6.07) is 18.4. The van der Waals surface area contributed by atoms with Crippen LogP contribution in [0.5, 0.6) is 0 Å². The Labute approximate surface area is 274 Å². The first kappa shape index (κ1) is 33.5. The van der Waals surface area contributed by atoms with Gasteiger partial charge in [0.05, 0.1) is 12.2 Å². The van der Waals surface area contributed by atoms with Crippen molar-refractivity contribution in [1.29, 1.82) is 0 Å². The number of likely N-dealkylation sites (tertiary alicyclic amines) is 1. The lowest BCUT2D eigenvalue weighted by atomic mass is 9.68. The Morgan fingerprint density at radius 3 is 2.24 bits per heavy atom. The number of carbonyl (C=O) groups is 3. The van der Waals surface area contributed by atoms with E-state index in [0.717, 1.165) is 60.2 Å². The number of nitrogens with one attached hydrogen (secondary N) is 1. The first-order chi connectivity index (χ1) is 21.9. The molecule has 1 fully saturated rings.